The standard InChI is InChI=1S/C20H16BrN3O2/c21-18-8-4-3-7-17(18)20(26)22-13-19(25)24-23-12-14-9-10-15-5-1-2-6-16(15)11-14/h1-12H,13H2,(H,22,26)(H,24,25)/b23-12-. The fraction of sp³-hybridized carbons (Fsp3) is 0.0500. The summed E-state index contributed by atoms with van der Waals surface area (Å²) >= 11 is 3.30. The third-order valence-corrected chi connectivity index (χ3v) is 4.40. The molecule has 3 aromatic carbocycles. The summed E-state index contributed by atoms with van der Waals surface area (Å²) in [6.07, 6.45) is 1.57. The summed E-state index contributed by atoms with van der Waals surface area (Å²) in [5.41, 5.74) is 3.75. The number of hydrogen-bond acceptors (Lipinski definition) is 3. The second-order valence-corrected chi connectivity index (χ2v) is 6.42. The van der Waals surface area contributed by atoms with E-state index in [0.717, 1.165) is 16.3 Å². The van der Waals surface area contributed by atoms with Gasteiger partial charge in [0.1, 0.15) is 0 Å². The highest BCUT2D eigenvalue weighted by Crippen LogP contribution is 2.15. The molecule has 0 saturated carbocycles. The van der Waals surface area contributed by atoms with E-state index in [1.807, 2.05) is 48.5 Å². The van der Waals surface area contributed by atoms with E-state index >= 15 is 0 Å². The Hall–Kier alpha value is -2.99. The number of amides is 2. The van der Waals surface area contributed by atoms with Crippen molar-refractivity contribution in [1.29, 1.82) is 0 Å². The maximum atomic E-state index is 12.0. The topological polar surface area (TPSA) is 70.6 Å². The van der Waals surface area contributed by atoms with E-state index in [4.69, 9.17) is 0 Å². The van der Waals surface area contributed by atoms with Crippen LogP contribution in [0.4, 0.5) is 0 Å². The number of nitrogens with one attached hydrogen (secondary N) is 2. The Morgan fingerprint density at radius 2 is 1.69 bits per heavy atom. The van der Waals surface area contributed by atoms with Gasteiger partial charge in [-0.2, -0.15) is 5.10 Å². The van der Waals surface area contributed by atoms with E-state index in [0.29, 0.717) is 10.0 Å². The SMILES string of the molecule is O=C(CNC(=O)c1ccccc1Br)N/N=C\c1ccc2ccccc2c1. The molecule has 2 amide bonds. The first-order chi connectivity index (χ1) is 12.6. The predicted octanol–water partition coefficient (Wildman–Crippen LogP) is 3.48. The Bertz CT molecular complexity index is 985. The molecule has 3 aromatic rings. The summed E-state index contributed by atoms with van der Waals surface area (Å²) in [4.78, 5) is 23.8. The molecule has 0 aromatic heterocycles. The minimum absolute atomic E-state index is 0.158. The molecule has 0 fully saturated rings. The van der Waals surface area contributed by atoms with Crippen LogP contribution in [-0.4, -0.2) is 24.6 Å². The Morgan fingerprint density at radius 3 is 2.50 bits per heavy atom. The van der Waals surface area contributed by atoms with Gasteiger partial charge in [0.15, 0.2) is 0 Å². The molecule has 0 aliphatic carbocycles. The number of benzene rings is 3. The first-order valence-electron chi connectivity index (χ1n) is 7.97. The average Bonchev–Trinajstić information content (AvgIpc) is 2.66. The van der Waals surface area contributed by atoms with Crippen LogP contribution in [0, 0.1) is 0 Å². The van der Waals surface area contributed by atoms with E-state index in [1.54, 1.807) is 24.4 Å². The van der Waals surface area contributed by atoms with Gasteiger partial charge in [-0.3, -0.25) is 9.59 Å². The summed E-state index contributed by atoms with van der Waals surface area (Å²) < 4.78 is 0.673. The molecule has 0 spiro atoms. The van der Waals surface area contributed by atoms with Gasteiger partial charge in [0.05, 0.1) is 18.3 Å². The molecule has 0 bridgehead atoms. The van der Waals surface area contributed by atoms with Gasteiger partial charge in [0, 0.05) is 4.47 Å². The van der Waals surface area contributed by atoms with Gasteiger partial charge in [-0.15, -0.1) is 0 Å². The van der Waals surface area contributed by atoms with E-state index in [-0.39, 0.29) is 12.5 Å². The largest absolute Gasteiger partial charge is 0.343 e. The van der Waals surface area contributed by atoms with E-state index in [1.165, 1.54) is 0 Å². The number of hydrogen-bond donors (Lipinski definition) is 2. The van der Waals surface area contributed by atoms with Crippen LogP contribution in [0.3, 0.4) is 0 Å². The van der Waals surface area contributed by atoms with Crippen LogP contribution in [0.25, 0.3) is 10.8 Å². The fourth-order valence-corrected chi connectivity index (χ4v) is 2.87. The second kappa shape index (κ2) is 8.40. The van der Waals surface area contributed by atoms with Gasteiger partial charge in [-0.25, -0.2) is 5.43 Å². The number of carbonyl (C=O) groups excluding carboxylic acids is 2. The van der Waals surface area contributed by atoms with Crippen molar-refractivity contribution in [1.82, 2.24) is 10.7 Å². The Kier molecular flexibility index (Phi) is 5.76. The molecule has 5 nitrogen and oxygen atoms in total. The highest BCUT2D eigenvalue weighted by atomic mass is 79.9. The molecule has 0 atom stereocenters. The summed E-state index contributed by atoms with van der Waals surface area (Å²) in [5, 5.41) is 8.73. The van der Waals surface area contributed by atoms with Crippen molar-refractivity contribution >= 4 is 44.7 Å². The summed E-state index contributed by atoms with van der Waals surface area (Å²) in [5.74, 6) is -0.728. The second-order valence-electron chi connectivity index (χ2n) is 5.56. The Balaban J connectivity index is 1.52. The van der Waals surface area contributed by atoms with Crippen LogP contribution < -0.4 is 10.7 Å². The van der Waals surface area contributed by atoms with Crippen LogP contribution in [0.2, 0.25) is 0 Å². The lowest BCUT2D eigenvalue weighted by molar-refractivity contribution is -0.120. The van der Waals surface area contributed by atoms with Gasteiger partial charge < -0.3 is 5.32 Å². The van der Waals surface area contributed by atoms with Crippen LogP contribution >= 0.6 is 15.9 Å². The third kappa shape index (κ3) is 4.55. The molecule has 3 rings (SSSR count). The molecule has 0 unspecified atom stereocenters. The first-order valence-corrected chi connectivity index (χ1v) is 8.76. The lowest BCUT2D eigenvalue weighted by Crippen LogP contribution is -2.35. The predicted molar refractivity (Wildman–Crippen MR) is 106 cm³/mol. The van der Waals surface area contributed by atoms with Gasteiger partial charge >= 0.3 is 0 Å². The highest BCUT2D eigenvalue weighted by molar-refractivity contribution is 9.10. The van der Waals surface area contributed by atoms with Crippen LogP contribution in [0.15, 0.2) is 76.3 Å². The third-order valence-electron chi connectivity index (χ3n) is 3.70. The molecule has 0 heterocycles. The smallest absolute Gasteiger partial charge is 0.259 e. The van der Waals surface area contributed by atoms with Gasteiger partial charge in [-0.1, -0.05) is 48.5 Å². The van der Waals surface area contributed by atoms with Crippen molar-refractivity contribution in [3.8, 4) is 0 Å². The molecule has 2 N–H and O–H groups in total. The lowest BCUT2D eigenvalue weighted by atomic mass is 10.1. The molecule has 26 heavy (non-hydrogen) atoms. The van der Waals surface area contributed by atoms with Crippen LogP contribution in [-0.2, 0) is 4.79 Å². The van der Waals surface area contributed by atoms with E-state index in [2.05, 4.69) is 31.8 Å². The molecule has 0 radical (unpaired) electrons. The number of carbonyl (C=O) groups is 2. The van der Waals surface area contributed by atoms with Crippen molar-refractivity contribution in [2.45, 2.75) is 0 Å². The molecule has 130 valence electrons. The Labute approximate surface area is 159 Å². The molecule has 0 saturated heterocycles. The maximum Gasteiger partial charge on any atom is 0.259 e. The van der Waals surface area contributed by atoms with Crippen molar-refractivity contribution < 1.29 is 9.59 Å². The number of nitrogens with zero attached hydrogens (tertiary/aromatic N) is 1. The number of rotatable bonds is 5. The molecule has 0 aliphatic heterocycles. The average molecular weight is 410 g/mol. The molecule has 6 heteroatoms. The van der Waals surface area contributed by atoms with E-state index in [9.17, 15) is 9.59 Å². The minimum atomic E-state index is -0.401. The number of fused-ring (bicyclic) bond motifs is 1. The zero-order valence-corrected chi connectivity index (χ0v) is 15.4. The van der Waals surface area contributed by atoms with Crippen molar-refractivity contribution in [3.05, 3.63) is 82.3 Å². The maximum absolute atomic E-state index is 12.0. The lowest BCUT2D eigenvalue weighted by Gasteiger charge is -2.05. The number of hydrazone groups is 1. The first kappa shape index (κ1) is 17.8. The summed E-state index contributed by atoms with van der Waals surface area (Å²) in [6, 6.07) is 20.9. The van der Waals surface area contributed by atoms with Crippen LogP contribution in [0.1, 0.15) is 15.9 Å². The van der Waals surface area contributed by atoms with E-state index < -0.39 is 5.91 Å². The Morgan fingerprint density at radius 1 is 0.962 bits per heavy atom. The normalized spacial score (nSPS) is 10.8. The fourth-order valence-electron chi connectivity index (χ4n) is 2.41. The molecule has 0 aliphatic rings. The van der Waals surface area contributed by atoms with Gasteiger partial charge in [0.25, 0.3) is 11.8 Å². The van der Waals surface area contributed by atoms with Crippen LogP contribution in [0.5, 0.6) is 0 Å². The van der Waals surface area contributed by atoms with Crippen molar-refractivity contribution in [2.75, 3.05) is 6.54 Å². The monoisotopic (exact) mass is 409 g/mol. The van der Waals surface area contributed by atoms with Gasteiger partial charge in [-0.05, 0) is 50.5 Å². The quantitative estimate of drug-likeness (QED) is 0.500. The van der Waals surface area contributed by atoms with Crippen molar-refractivity contribution in [2.24, 2.45) is 5.10 Å². The molecular weight excluding hydrogens is 394 g/mol. The zero-order valence-electron chi connectivity index (χ0n) is 13.8. The highest BCUT2D eigenvalue weighted by Gasteiger charge is 2.10. The number of halogens is 1. The van der Waals surface area contributed by atoms with Gasteiger partial charge in [0.2, 0.25) is 0 Å². The van der Waals surface area contributed by atoms with Crippen molar-refractivity contribution in [3.63, 3.8) is 0 Å². The minimum Gasteiger partial charge on any atom is -0.343 e. The zero-order chi connectivity index (χ0) is 18.4. The summed E-state index contributed by atoms with van der Waals surface area (Å²) in [7, 11) is 0. The summed E-state index contributed by atoms with van der Waals surface area (Å²) in [6.45, 7) is -0.158. The molecular formula is C20H16BrN3O2.